The predicted octanol–water partition coefficient (Wildman–Crippen LogP) is 2.91. The molecule has 0 saturated carbocycles. The van der Waals surface area contributed by atoms with E-state index in [1.807, 2.05) is 17.5 Å². The van der Waals surface area contributed by atoms with Crippen molar-refractivity contribution >= 4 is 51.3 Å². The number of rotatable bonds is 6. The van der Waals surface area contributed by atoms with Crippen molar-refractivity contribution in [1.29, 1.82) is 0 Å². The van der Waals surface area contributed by atoms with Gasteiger partial charge < -0.3 is 11.1 Å². The van der Waals surface area contributed by atoms with E-state index in [-0.39, 0.29) is 11.7 Å². The second kappa shape index (κ2) is 7.22. The van der Waals surface area contributed by atoms with Crippen LogP contribution in [-0.2, 0) is 17.6 Å². The van der Waals surface area contributed by atoms with Crippen LogP contribution in [0, 0.1) is 0 Å². The number of hydrogen-bond acceptors (Lipinski definition) is 7. The van der Waals surface area contributed by atoms with Crippen LogP contribution in [0.2, 0.25) is 0 Å². The number of aromatic nitrogens is 3. The molecule has 1 aliphatic carbocycles. The predicted molar refractivity (Wildman–Crippen MR) is 104 cm³/mol. The number of aryl methyl sites for hydroxylation is 1. The van der Waals surface area contributed by atoms with Gasteiger partial charge in [-0.3, -0.25) is 14.7 Å². The summed E-state index contributed by atoms with van der Waals surface area (Å²) in [5.41, 5.74) is 6.98. The van der Waals surface area contributed by atoms with Crippen LogP contribution in [-0.4, -0.2) is 32.7 Å². The largest absolute Gasteiger partial charge is 0.365 e. The molecular weight excluding hydrogens is 390 g/mol. The molecule has 4 rings (SSSR count). The second-order valence-electron chi connectivity index (χ2n) is 5.71. The molecular formula is C16H15N5O2S3. The molecule has 3 aromatic rings. The van der Waals surface area contributed by atoms with Crippen LogP contribution in [0.4, 0.5) is 5.00 Å². The van der Waals surface area contributed by atoms with Crippen molar-refractivity contribution in [3.05, 3.63) is 33.5 Å². The van der Waals surface area contributed by atoms with Crippen molar-refractivity contribution in [2.45, 2.75) is 24.4 Å². The van der Waals surface area contributed by atoms with Crippen molar-refractivity contribution in [3.8, 4) is 10.7 Å². The molecule has 4 N–H and O–H groups in total. The normalized spacial score (nSPS) is 12.9. The van der Waals surface area contributed by atoms with Gasteiger partial charge in [-0.1, -0.05) is 17.8 Å². The molecule has 0 aromatic carbocycles. The third-order valence-corrected chi connectivity index (χ3v) is 6.90. The Kier molecular flexibility index (Phi) is 4.79. The van der Waals surface area contributed by atoms with Crippen LogP contribution in [0.5, 0.6) is 0 Å². The lowest BCUT2D eigenvalue weighted by Gasteiger charge is -2.05. The summed E-state index contributed by atoms with van der Waals surface area (Å²) >= 11 is 4.26. The van der Waals surface area contributed by atoms with Crippen LogP contribution in [0.1, 0.15) is 27.2 Å². The Balaban J connectivity index is 1.40. The summed E-state index contributed by atoms with van der Waals surface area (Å²) in [6, 6.07) is 3.89. The molecule has 26 heavy (non-hydrogen) atoms. The molecule has 10 heteroatoms. The van der Waals surface area contributed by atoms with E-state index in [0.29, 0.717) is 21.5 Å². The molecule has 0 fully saturated rings. The Morgan fingerprint density at radius 3 is 3.04 bits per heavy atom. The van der Waals surface area contributed by atoms with Crippen molar-refractivity contribution in [2.75, 3.05) is 11.1 Å². The van der Waals surface area contributed by atoms with Gasteiger partial charge >= 0.3 is 0 Å². The fourth-order valence-electron chi connectivity index (χ4n) is 2.88. The molecule has 2 amide bonds. The molecule has 0 atom stereocenters. The fraction of sp³-hybridized carbons (Fsp3) is 0.250. The van der Waals surface area contributed by atoms with Crippen molar-refractivity contribution in [3.63, 3.8) is 0 Å². The first-order valence-corrected chi connectivity index (χ1v) is 10.6. The minimum atomic E-state index is -0.484. The molecule has 0 bridgehead atoms. The molecule has 0 unspecified atom stereocenters. The number of amides is 2. The Morgan fingerprint density at radius 2 is 2.27 bits per heavy atom. The molecule has 0 saturated heterocycles. The SMILES string of the molecule is NC(=O)c1c(NC(=O)CSc2n[nH]c(-c3cccs3)n2)sc2c1CCC2. The first-order valence-electron chi connectivity index (χ1n) is 7.95. The van der Waals surface area contributed by atoms with Gasteiger partial charge in [0.15, 0.2) is 5.82 Å². The van der Waals surface area contributed by atoms with Gasteiger partial charge in [0.05, 0.1) is 16.2 Å². The third kappa shape index (κ3) is 3.39. The second-order valence-corrected chi connectivity index (χ2v) is 8.70. The summed E-state index contributed by atoms with van der Waals surface area (Å²) in [5.74, 6) is 0.151. The standard InChI is InChI=1S/C16H15N5O2S3/c17-13(23)12-8-3-1-4-9(8)26-15(12)18-11(22)7-25-16-19-14(20-21-16)10-5-2-6-24-10/h2,5-6H,1,3-4,7H2,(H2,17,23)(H,18,22)(H,19,20,21). The highest BCUT2D eigenvalue weighted by Crippen LogP contribution is 2.38. The Labute approximate surface area is 161 Å². The average molecular weight is 406 g/mol. The van der Waals surface area contributed by atoms with Gasteiger partial charge in [-0.2, -0.15) is 0 Å². The van der Waals surface area contributed by atoms with Crippen LogP contribution in [0.25, 0.3) is 10.7 Å². The van der Waals surface area contributed by atoms with E-state index in [1.165, 1.54) is 23.1 Å². The highest BCUT2D eigenvalue weighted by Gasteiger charge is 2.26. The zero-order chi connectivity index (χ0) is 18.1. The number of nitrogens with zero attached hydrogens (tertiary/aromatic N) is 2. The van der Waals surface area contributed by atoms with Crippen LogP contribution < -0.4 is 11.1 Å². The number of primary amides is 1. The van der Waals surface area contributed by atoms with Gasteiger partial charge in [0.25, 0.3) is 5.91 Å². The topological polar surface area (TPSA) is 114 Å². The highest BCUT2D eigenvalue weighted by molar-refractivity contribution is 7.99. The van der Waals surface area contributed by atoms with Crippen LogP contribution in [0.15, 0.2) is 22.7 Å². The number of H-pyrrole nitrogens is 1. The number of anilines is 1. The maximum atomic E-state index is 12.3. The van der Waals surface area contributed by atoms with E-state index < -0.39 is 5.91 Å². The van der Waals surface area contributed by atoms with E-state index in [1.54, 1.807) is 11.3 Å². The number of fused-ring (bicyclic) bond motifs is 1. The monoisotopic (exact) mass is 405 g/mol. The van der Waals surface area contributed by atoms with E-state index >= 15 is 0 Å². The lowest BCUT2D eigenvalue weighted by atomic mass is 10.1. The number of thioether (sulfide) groups is 1. The fourth-order valence-corrected chi connectivity index (χ4v) is 5.45. The minimum absolute atomic E-state index is 0.155. The average Bonchev–Trinajstić information content (AvgIpc) is 3.35. The lowest BCUT2D eigenvalue weighted by molar-refractivity contribution is -0.113. The van der Waals surface area contributed by atoms with Gasteiger partial charge in [0.1, 0.15) is 5.00 Å². The molecule has 1 aliphatic rings. The zero-order valence-electron chi connectivity index (χ0n) is 13.6. The zero-order valence-corrected chi connectivity index (χ0v) is 16.0. The van der Waals surface area contributed by atoms with Crippen LogP contribution in [0.3, 0.4) is 0 Å². The highest BCUT2D eigenvalue weighted by atomic mass is 32.2. The molecule has 0 spiro atoms. The van der Waals surface area contributed by atoms with Gasteiger partial charge in [-0.15, -0.1) is 27.8 Å². The van der Waals surface area contributed by atoms with Crippen molar-refractivity contribution in [2.24, 2.45) is 5.73 Å². The number of carbonyl (C=O) groups excluding carboxylic acids is 2. The number of aromatic amines is 1. The first-order chi connectivity index (χ1) is 12.6. The van der Waals surface area contributed by atoms with E-state index in [4.69, 9.17) is 5.73 Å². The lowest BCUT2D eigenvalue weighted by Crippen LogP contribution is -2.18. The summed E-state index contributed by atoms with van der Waals surface area (Å²) in [7, 11) is 0. The smallest absolute Gasteiger partial charge is 0.251 e. The molecule has 3 heterocycles. The summed E-state index contributed by atoms with van der Waals surface area (Å²) in [6.07, 6.45) is 2.81. The molecule has 134 valence electrons. The Hall–Kier alpha value is -2.17. The summed E-state index contributed by atoms with van der Waals surface area (Å²) in [5, 5.41) is 12.8. The van der Waals surface area contributed by atoms with Gasteiger partial charge in [0.2, 0.25) is 11.1 Å². The molecule has 3 aromatic heterocycles. The van der Waals surface area contributed by atoms with Gasteiger partial charge in [0, 0.05) is 4.88 Å². The number of nitrogens with two attached hydrogens (primary N) is 1. The molecule has 0 radical (unpaired) electrons. The van der Waals surface area contributed by atoms with Crippen molar-refractivity contribution in [1.82, 2.24) is 15.2 Å². The van der Waals surface area contributed by atoms with E-state index in [2.05, 4.69) is 20.5 Å². The van der Waals surface area contributed by atoms with Gasteiger partial charge in [-0.25, -0.2) is 4.98 Å². The Morgan fingerprint density at radius 1 is 1.38 bits per heavy atom. The third-order valence-electron chi connectivity index (χ3n) is 3.97. The van der Waals surface area contributed by atoms with Crippen molar-refractivity contribution < 1.29 is 9.59 Å². The summed E-state index contributed by atoms with van der Waals surface area (Å²) in [4.78, 5) is 30.6. The Bertz CT molecular complexity index is 961. The van der Waals surface area contributed by atoms with E-state index in [0.717, 1.165) is 34.6 Å². The maximum absolute atomic E-state index is 12.3. The molecule has 0 aliphatic heterocycles. The number of thiophene rings is 2. The quantitative estimate of drug-likeness (QED) is 0.546. The first kappa shape index (κ1) is 17.3. The summed E-state index contributed by atoms with van der Waals surface area (Å²) in [6.45, 7) is 0. The molecule has 7 nitrogen and oxygen atoms in total. The summed E-state index contributed by atoms with van der Waals surface area (Å²) < 4.78 is 0. The van der Waals surface area contributed by atoms with E-state index in [9.17, 15) is 9.59 Å². The van der Waals surface area contributed by atoms with Gasteiger partial charge in [-0.05, 0) is 36.3 Å². The number of hydrogen-bond donors (Lipinski definition) is 3. The maximum Gasteiger partial charge on any atom is 0.251 e. The number of carbonyl (C=O) groups is 2. The minimum Gasteiger partial charge on any atom is -0.365 e. The van der Waals surface area contributed by atoms with Crippen LogP contribution >= 0.6 is 34.4 Å². The number of nitrogens with one attached hydrogen (secondary N) is 2.